The van der Waals surface area contributed by atoms with Crippen LogP contribution in [0.4, 0.5) is 5.69 Å². The first-order valence-electron chi connectivity index (χ1n) is 8.82. The first-order chi connectivity index (χ1) is 13.5. The number of fused-ring (bicyclic) bond motifs is 1. The smallest absolute Gasteiger partial charge is 0.340 e. The van der Waals surface area contributed by atoms with Crippen LogP contribution in [0.2, 0.25) is 0 Å². The molecular formula is C18H23N3O7. The van der Waals surface area contributed by atoms with Crippen LogP contribution in [0, 0.1) is 0 Å². The lowest BCUT2D eigenvalue weighted by Crippen LogP contribution is -2.51. The first-order valence-corrected chi connectivity index (χ1v) is 8.82. The Balaban J connectivity index is 1.60. The van der Waals surface area contributed by atoms with Gasteiger partial charge in [-0.25, -0.2) is 4.79 Å². The molecule has 0 radical (unpaired) electrons. The Hall–Kier alpha value is -2.85. The van der Waals surface area contributed by atoms with Crippen molar-refractivity contribution in [2.24, 2.45) is 0 Å². The van der Waals surface area contributed by atoms with Crippen LogP contribution >= 0.6 is 0 Å². The molecule has 0 saturated carbocycles. The SMILES string of the molecule is COCC(=O)N1CCN(CC(=O)Nc2cc3c(cc2C(=O)OC)OCO3)CC1. The van der Waals surface area contributed by atoms with E-state index in [1.54, 1.807) is 11.0 Å². The van der Waals surface area contributed by atoms with Crippen LogP contribution in [0.3, 0.4) is 0 Å². The average molecular weight is 393 g/mol. The number of esters is 1. The summed E-state index contributed by atoms with van der Waals surface area (Å²) in [6.45, 7) is 2.48. The van der Waals surface area contributed by atoms with Gasteiger partial charge >= 0.3 is 5.97 Å². The summed E-state index contributed by atoms with van der Waals surface area (Å²) in [6.07, 6.45) is 0. The van der Waals surface area contributed by atoms with E-state index in [4.69, 9.17) is 18.9 Å². The standard InChI is InChI=1S/C18H23N3O7/c1-25-10-17(23)21-5-3-20(4-6-21)9-16(22)19-13-8-15-14(27-11-28-15)7-12(13)18(24)26-2/h7-8H,3-6,9-11H2,1-2H3,(H,19,22). The number of carbonyl (C=O) groups excluding carboxylic acids is 3. The molecule has 0 aliphatic carbocycles. The number of nitrogens with one attached hydrogen (secondary N) is 1. The zero-order valence-electron chi connectivity index (χ0n) is 15.9. The topological polar surface area (TPSA) is 107 Å². The van der Waals surface area contributed by atoms with Crippen molar-refractivity contribution in [3.05, 3.63) is 17.7 Å². The Kier molecular flexibility index (Phi) is 6.32. The third-order valence-corrected chi connectivity index (χ3v) is 4.55. The normalized spacial score (nSPS) is 16.0. The van der Waals surface area contributed by atoms with Crippen molar-refractivity contribution in [1.29, 1.82) is 0 Å². The number of rotatable bonds is 6. The van der Waals surface area contributed by atoms with Gasteiger partial charge in [0.1, 0.15) is 6.61 Å². The summed E-state index contributed by atoms with van der Waals surface area (Å²) in [5.74, 6) is -0.0438. The summed E-state index contributed by atoms with van der Waals surface area (Å²) in [6, 6.07) is 3.04. The van der Waals surface area contributed by atoms with Gasteiger partial charge in [0.15, 0.2) is 11.5 Å². The molecule has 2 aliphatic heterocycles. The highest BCUT2D eigenvalue weighted by Gasteiger charge is 2.25. The van der Waals surface area contributed by atoms with E-state index in [-0.39, 0.29) is 37.3 Å². The average Bonchev–Trinajstić information content (AvgIpc) is 3.14. The lowest BCUT2D eigenvalue weighted by molar-refractivity contribution is -0.137. The quantitative estimate of drug-likeness (QED) is 0.670. The van der Waals surface area contributed by atoms with E-state index in [0.717, 1.165) is 0 Å². The molecule has 0 unspecified atom stereocenters. The molecule has 1 saturated heterocycles. The van der Waals surface area contributed by atoms with Gasteiger partial charge in [-0.2, -0.15) is 0 Å². The lowest BCUT2D eigenvalue weighted by atomic mass is 10.1. The van der Waals surface area contributed by atoms with E-state index in [1.807, 2.05) is 4.90 Å². The molecule has 1 aromatic carbocycles. The molecule has 10 nitrogen and oxygen atoms in total. The molecule has 10 heteroatoms. The van der Waals surface area contributed by atoms with Crippen LogP contribution in [-0.4, -0.2) is 87.9 Å². The predicted octanol–water partition coefficient (Wildman–Crippen LogP) is -0.0690. The molecular weight excluding hydrogens is 370 g/mol. The molecule has 2 aliphatic rings. The number of amides is 2. The lowest BCUT2D eigenvalue weighted by Gasteiger charge is -2.34. The van der Waals surface area contributed by atoms with E-state index in [1.165, 1.54) is 20.3 Å². The van der Waals surface area contributed by atoms with Gasteiger partial charge in [-0.15, -0.1) is 0 Å². The number of ether oxygens (including phenoxy) is 4. The van der Waals surface area contributed by atoms with Crippen molar-refractivity contribution in [3.63, 3.8) is 0 Å². The molecule has 1 N–H and O–H groups in total. The molecule has 28 heavy (non-hydrogen) atoms. The minimum Gasteiger partial charge on any atom is -0.465 e. The van der Waals surface area contributed by atoms with Crippen molar-refractivity contribution in [3.8, 4) is 11.5 Å². The van der Waals surface area contributed by atoms with Crippen molar-refractivity contribution in [2.45, 2.75) is 0 Å². The van der Waals surface area contributed by atoms with Crippen molar-refractivity contribution < 1.29 is 33.3 Å². The van der Waals surface area contributed by atoms with Crippen molar-refractivity contribution >= 4 is 23.5 Å². The predicted molar refractivity (Wildman–Crippen MR) is 97.4 cm³/mol. The van der Waals surface area contributed by atoms with Crippen molar-refractivity contribution in [1.82, 2.24) is 9.80 Å². The fraction of sp³-hybridized carbons (Fsp3) is 0.500. The van der Waals surface area contributed by atoms with Gasteiger partial charge in [-0.3, -0.25) is 14.5 Å². The van der Waals surface area contributed by atoms with Crippen LogP contribution in [0.1, 0.15) is 10.4 Å². The minimum absolute atomic E-state index is 0.0550. The summed E-state index contributed by atoms with van der Waals surface area (Å²) in [7, 11) is 2.75. The number of anilines is 1. The third-order valence-electron chi connectivity index (χ3n) is 4.55. The van der Waals surface area contributed by atoms with Crippen LogP contribution < -0.4 is 14.8 Å². The zero-order chi connectivity index (χ0) is 20.1. The van der Waals surface area contributed by atoms with Gasteiger partial charge < -0.3 is 29.2 Å². The summed E-state index contributed by atoms with van der Waals surface area (Å²) in [5.41, 5.74) is 0.491. The maximum atomic E-state index is 12.5. The van der Waals surface area contributed by atoms with Crippen molar-refractivity contribution in [2.75, 3.05) is 65.7 Å². The fourth-order valence-electron chi connectivity index (χ4n) is 3.09. The van der Waals surface area contributed by atoms with E-state index < -0.39 is 5.97 Å². The number of hydrogen-bond acceptors (Lipinski definition) is 8. The Morgan fingerprint density at radius 3 is 2.39 bits per heavy atom. The molecule has 0 bridgehead atoms. The number of benzene rings is 1. The van der Waals surface area contributed by atoms with Crippen LogP contribution in [0.25, 0.3) is 0 Å². The molecule has 1 fully saturated rings. The maximum absolute atomic E-state index is 12.5. The van der Waals surface area contributed by atoms with Crippen LogP contribution in [0.5, 0.6) is 11.5 Å². The number of nitrogens with zero attached hydrogens (tertiary/aromatic N) is 2. The monoisotopic (exact) mass is 393 g/mol. The molecule has 0 atom stereocenters. The third kappa shape index (κ3) is 4.52. The molecule has 0 spiro atoms. The van der Waals surface area contributed by atoms with Gasteiger partial charge in [0.05, 0.1) is 24.9 Å². The minimum atomic E-state index is -0.584. The van der Waals surface area contributed by atoms with E-state index in [0.29, 0.717) is 43.4 Å². The highest BCUT2D eigenvalue weighted by molar-refractivity contribution is 6.02. The molecule has 2 amide bonds. The second-order valence-corrected chi connectivity index (χ2v) is 6.38. The number of carbonyl (C=O) groups is 3. The van der Waals surface area contributed by atoms with Crippen LogP contribution in [0.15, 0.2) is 12.1 Å². The first kappa shape index (κ1) is 19.9. The summed E-state index contributed by atoms with van der Waals surface area (Å²) < 4.78 is 20.2. The number of piperazine rings is 1. The summed E-state index contributed by atoms with van der Waals surface area (Å²) >= 11 is 0. The van der Waals surface area contributed by atoms with Gasteiger partial charge in [0.25, 0.3) is 0 Å². The number of hydrogen-bond donors (Lipinski definition) is 1. The summed E-state index contributed by atoms with van der Waals surface area (Å²) in [5, 5.41) is 2.74. The van der Waals surface area contributed by atoms with E-state index >= 15 is 0 Å². The highest BCUT2D eigenvalue weighted by Crippen LogP contribution is 2.37. The van der Waals surface area contributed by atoms with Gasteiger partial charge in [0.2, 0.25) is 18.6 Å². The van der Waals surface area contributed by atoms with Gasteiger partial charge in [-0.1, -0.05) is 0 Å². The Labute approximate surface area is 162 Å². The zero-order valence-corrected chi connectivity index (χ0v) is 15.9. The molecule has 2 heterocycles. The molecule has 1 aromatic rings. The Morgan fingerprint density at radius 2 is 1.75 bits per heavy atom. The second kappa shape index (κ2) is 8.89. The molecule has 152 valence electrons. The summed E-state index contributed by atoms with van der Waals surface area (Å²) in [4.78, 5) is 40.0. The largest absolute Gasteiger partial charge is 0.465 e. The Morgan fingerprint density at radius 1 is 1.07 bits per heavy atom. The second-order valence-electron chi connectivity index (χ2n) is 6.38. The number of methoxy groups -OCH3 is 2. The van der Waals surface area contributed by atoms with Gasteiger partial charge in [-0.05, 0) is 0 Å². The highest BCUT2D eigenvalue weighted by atomic mass is 16.7. The van der Waals surface area contributed by atoms with Gasteiger partial charge in [0, 0.05) is 45.4 Å². The van der Waals surface area contributed by atoms with E-state index in [9.17, 15) is 14.4 Å². The maximum Gasteiger partial charge on any atom is 0.340 e. The molecule has 0 aromatic heterocycles. The van der Waals surface area contributed by atoms with Crippen LogP contribution in [-0.2, 0) is 19.1 Å². The van der Waals surface area contributed by atoms with E-state index in [2.05, 4.69) is 5.32 Å². The fourth-order valence-corrected chi connectivity index (χ4v) is 3.09. The Bertz CT molecular complexity index is 760. The molecule has 3 rings (SSSR count).